The van der Waals surface area contributed by atoms with Gasteiger partial charge in [0.25, 0.3) is 5.91 Å². The minimum absolute atomic E-state index is 0.0662. The van der Waals surface area contributed by atoms with Crippen molar-refractivity contribution in [1.82, 2.24) is 9.78 Å². The SMILES string of the molecule is COc1ccc([C@H]2C[C@@H](C(F)(F)F)n3ncc(C(=O)Nc4sc5c(c4C(=O)OC(C)C)CCCC5)c3N2)cc1OC. The molecule has 1 aliphatic heterocycles. The van der Waals surface area contributed by atoms with Crippen molar-refractivity contribution in [2.75, 3.05) is 24.9 Å². The summed E-state index contributed by atoms with van der Waals surface area (Å²) in [7, 11) is 2.91. The number of nitrogens with one attached hydrogen (secondary N) is 2. The topological polar surface area (TPSA) is 104 Å². The first-order valence-corrected chi connectivity index (χ1v) is 14.1. The number of amides is 1. The fourth-order valence-electron chi connectivity index (χ4n) is 5.33. The lowest BCUT2D eigenvalue weighted by molar-refractivity contribution is -0.173. The fraction of sp³-hybridized carbons (Fsp3) is 0.464. The number of aromatic nitrogens is 2. The highest BCUT2D eigenvalue weighted by Crippen LogP contribution is 2.46. The summed E-state index contributed by atoms with van der Waals surface area (Å²) in [5.74, 6) is -0.464. The van der Waals surface area contributed by atoms with Crippen molar-refractivity contribution < 1.29 is 37.0 Å². The zero-order chi connectivity index (χ0) is 29.5. The van der Waals surface area contributed by atoms with Gasteiger partial charge in [-0.05, 0) is 62.8 Å². The third kappa shape index (κ3) is 5.59. The Balaban J connectivity index is 1.50. The van der Waals surface area contributed by atoms with Crippen LogP contribution in [0.5, 0.6) is 11.5 Å². The Hall–Kier alpha value is -3.74. The number of rotatable bonds is 7. The monoisotopic (exact) mass is 592 g/mol. The van der Waals surface area contributed by atoms with Gasteiger partial charge in [0.15, 0.2) is 17.5 Å². The predicted octanol–water partition coefficient (Wildman–Crippen LogP) is 6.32. The Morgan fingerprint density at radius 2 is 1.88 bits per heavy atom. The predicted molar refractivity (Wildman–Crippen MR) is 147 cm³/mol. The van der Waals surface area contributed by atoms with Crippen LogP contribution in [0.15, 0.2) is 24.4 Å². The number of anilines is 2. The van der Waals surface area contributed by atoms with Gasteiger partial charge in [-0.15, -0.1) is 11.3 Å². The van der Waals surface area contributed by atoms with E-state index in [9.17, 15) is 22.8 Å². The largest absolute Gasteiger partial charge is 0.493 e. The Bertz CT molecular complexity index is 1470. The van der Waals surface area contributed by atoms with Crippen molar-refractivity contribution in [3.05, 3.63) is 51.5 Å². The van der Waals surface area contributed by atoms with E-state index in [0.29, 0.717) is 34.0 Å². The molecule has 0 spiro atoms. The van der Waals surface area contributed by atoms with E-state index in [1.807, 2.05) is 0 Å². The van der Waals surface area contributed by atoms with E-state index in [0.717, 1.165) is 40.6 Å². The standard InChI is InChI=1S/C28H31F3N4O5S/c1-14(2)40-27(37)23-16-7-5-6-8-21(16)41-26(23)34-25(36)17-13-32-35-22(28(29,30)31)12-18(33-24(17)35)15-9-10-19(38-3)20(11-15)39-4/h9-11,13-14,18,22,33H,5-8,12H2,1-4H3,(H,34,36)/t18-,22+/m1/s1. The first kappa shape index (κ1) is 28.8. The maximum absolute atomic E-state index is 14.2. The number of halogens is 3. The molecule has 2 atom stereocenters. The molecular formula is C28H31F3N4O5S. The second kappa shape index (κ2) is 11.3. The molecule has 2 aromatic heterocycles. The van der Waals surface area contributed by atoms with E-state index >= 15 is 0 Å². The molecule has 0 radical (unpaired) electrons. The van der Waals surface area contributed by atoms with E-state index in [-0.39, 0.29) is 23.9 Å². The van der Waals surface area contributed by atoms with Crippen LogP contribution in [0, 0.1) is 0 Å². The Labute approximate surface area is 239 Å². The lowest BCUT2D eigenvalue weighted by atomic mass is 9.95. The number of fused-ring (bicyclic) bond motifs is 2. The number of thiophene rings is 1. The molecular weight excluding hydrogens is 561 g/mol. The van der Waals surface area contributed by atoms with Crippen LogP contribution in [0.3, 0.4) is 0 Å². The Kier molecular flexibility index (Phi) is 7.91. The van der Waals surface area contributed by atoms with Crippen LogP contribution >= 0.6 is 11.3 Å². The lowest BCUT2D eigenvalue weighted by Gasteiger charge is -2.34. The number of hydrogen-bond donors (Lipinski definition) is 2. The van der Waals surface area contributed by atoms with Crippen LogP contribution in [-0.4, -0.2) is 48.2 Å². The summed E-state index contributed by atoms with van der Waals surface area (Å²) in [6.45, 7) is 3.48. The molecule has 0 saturated carbocycles. The molecule has 0 unspecified atom stereocenters. The molecule has 2 N–H and O–H groups in total. The number of alkyl halides is 3. The summed E-state index contributed by atoms with van der Waals surface area (Å²) in [6.07, 6.45) is -0.855. The minimum Gasteiger partial charge on any atom is -0.493 e. The smallest absolute Gasteiger partial charge is 0.410 e. The van der Waals surface area contributed by atoms with Gasteiger partial charge in [-0.25, -0.2) is 9.48 Å². The Morgan fingerprint density at radius 3 is 2.56 bits per heavy atom. The second-order valence-corrected chi connectivity index (χ2v) is 11.4. The lowest BCUT2D eigenvalue weighted by Crippen LogP contribution is -2.36. The van der Waals surface area contributed by atoms with Crippen molar-refractivity contribution in [2.24, 2.45) is 0 Å². The zero-order valence-electron chi connectivity index (χ0n) is 23.1. The van der Waals surface area contributed by atoms with Gasteiger partial charge in [0.05, 0.1) is 38.1 Å². The highest BCUT2D eigenvalue weighted by atomic mass is 32.1. The second-order valence-electron chi connectivity index (χ2n) is 10.3. The van der Waals surface area contributed by atoms with Gasteiger partial charge in [-0.1, -0.05) is 6.07 Å². The molecule has 0 bridgehead atoms. The van der Waals surface area contributed by atoms with E-state index in [1.54, 1.807) is 32.0 Å². The fourth-order valence-corrected chi connectivity index (χ4v) is 6.60. The summed E-state index contributed by atoms with van der Waals surface area (Å²) in [5.41, 5.74) is 1.64. The molecule has 41 heavy (non-hydrogen) atoms. The van der Waals surface area contributed by atoms with Crippen molar-refractivity contribution in [3.8, 4) is 11.5 Å². The van der Waals surface area contributed by atoms with Crippen LogP contribution in [-0.2, 0) is 17.6 Å². The first-order chi connectivity index (χ1) is 19.5. The summed E-state index contributed by atoms with van der Waals surface area (Å²) < 4.78 is 59.5. The van der Waals surface area contributed by atoms with Crippen LogP contribution in [0.4, 0.5) is 24.0 Å². The molecule has 0 fully saturated rings. The molecule has 0 saturated heterocycles. The van der Waals surface area contributed by atoms with Crippen molar-refractivity contribution >= 4 is 34.0 Å². The number of aryl methyl sites for hydroxylation is 1. The van der Waals surface area contributed by atoms with Gasteiger partial charge in [0, 0.05) is 11.3 Å². The molecule has 3 aromatic rings. The number of methoxy groups -OCH3 is 2. The Morgan fingerprint density at radius 1 is 1.15 bits per heavy atom. The van der Waals surface area contributed by atoms with Gasteiger partial charge in [-0.3, -0.25) is 4.79 Å². The number of esters is 1. The average Bonchev–Trinajstić information content (AvgIpc) is 3.52. The molecule has 1 aliphatic carbocycles. The number of carbonyl (C=O) groups is 2. The van der Waals surface area contributed by atoms with E-state index in [1.165, 1.54) is 25.6 Å². The molecule has 1 aromatic carbocycles. The first-order valence-electron chi connectivity index (χ1n) is 13.3. The number of nitrogens with zero attached hydrogens (tertiary/aromatic N) is 2. The highest BCUT2D eigenvalue weighted by molar-refractivity contribution is 7.17. The number of hydrogen-bond acceptors (Lipinski definition) is 8. The van der Waals surface area contributed by atoms with E-state index in [4.69, 9.17) is 14.2 Å². The molecule has 3 heterocycles. The average molecular weight is 593 g/mol. The zero-order valence-corrected chi connectivity index (χ0v) is 23.9. The van der Waals surface area contributed by atoms with Crippen molar-refractivity contribution in [2.45, 2.75) is 70.3 Å². The number of carbonyl (C=O) groups excluding carboxylic acids is 2. The third-order valence-electron chi connectivity index (χ3n) is 7.24. The van der Waals surface area contributed by atoms with Gasteiger partial charge >= 0.3 is 12.1 Å². The third-order valence-corrected chi connectivity index (χ3v) is 8.45. The van der Waals surface area contributed by atoms with Crippen LogP contribution in [0.2, 0.25) is 0 Å². The van der Waals surface area contributed by atoms with Gasteiger partial charge in [0.1, 0.15) is 16.4 Å². The quantitative estimate of drug-likeness (QED) is 0.310. The van der Waals surface area contributed by atoms with E-state index in [2.05, 4.69) is 15.7 Å². The van der Waals surface area contributed by atoms with Crippen LogP contribution in [0.1, 0.15) is 81.9 Å². The molecule has 220 valence electrons. The van der Waals surface area contributed by atoms with E-state index < -0.39 is 30.1 Å². The maximum atomic E-state index is 14.2. The normalized spacial score (nSPS) is 18.2. The molecule has 5 rings (SSSR count). The van der Waals surface area contributed by atoms with Crippen LogP contribution < -0.4 is 20.1 Å². The number of benzene rings is 1. The maximum Gasteiger partial charge on any atom is 0.410 e. The number of ether oxygens (including phenoxy) is 3. The van der Waals surface area contributed by atoms with Gasteiger partial charge in [-0.2, -0.15) is 18.3 Å². The minimum atomic E-state index is -4.62. The highest BCUT2D eigenvalue weighted by Gasteiger charge is 2.47. The van der Waals surface area contributed by atoms with Gasteiger partial charge < -0.3 is 24.8 Å². The summed E-state index contributed by atoms with van der Waals surface area (Å²) in [4.78, 5) is 27.6. The van der Waals surface area contributed by atoms with Crippen molar-refractivity contribution in [1.29, 1.82) is 0 Å². The van der Waals surface area contributed by atoms with Crippen molar-refractivity contribution in [3.63, 3.8) is 0 Å². The molecule has 2 aliphatic rings. The summed E-state index contributed by atoms with van der Waals surface area (Å²) >= 11 is 1.30. The van der Waals surface area contributed by atoms with Gasteiger partial charge in [0.2, 0.25) is 0 Å². The molecule has 1 amide bonds. The summed E-state index contributed by atoms with van der Waals surface area (Å²) in [5, 5.41) is 10.2. The van der Waals surface area contributed by atoms with Crippen LogP contribution in [0.25, 0.3) is 0 Å². The summed E-state index contributed by atoms with van der Waals surface area (Å²) in [6, 6.07) is 2.11. The molecule has 13 heteroatoms. The molecule has 9 nitrogen and oxygen atoms in total.